The Labute approximate surface area is 168 Å². The number of alkyl halides is 3. The van der Waals surface area contributed by atoms with Crippen molar-refractivity contribution in [2.24, 2.45) is 0 Å². The summed E-state index contributed by atoms with van der Waals surface area (Å²) < 4.78 is 38.3. The highest BCUT2D eigenvalue weighted by Crippen LogP contribution is 2.34. The molecule has 2 N–H and O–H groups in total. The first-order chi connectivity index (χ1) is 13.7. The van der Waals surface area contributed by atoms with Crippen LogP contribution in [0.2, 0.25) is 0 Å². The van der Waals surface area contributed by atoms with E-state index in [0.29, 0.717) is 41.3 Å². The van der Waals surface area contributed by atoms with Crippen molar-refractivity contribution >= 4 is 23.2 Å². The molecule has 1 aliphatic rings. The van der Waals surface area contributed by atoms with Crippen LogP contribution in [0.15, 0.2) is 30.5 Å². The number of halogens is 3. The van der Waals surface area contributed by atoms with E-state index in [4.69, 9.17) is 5.73 Å². The monoisotopic (exact) mass is 419 g/mol. The largest absolute Gasteiger partial charge is 0.416 e. The van der Waals surface area contributed by atoms with Gasteiger partial charge in [0.25, 0.3) is 5.91 Å². The Kier molecular flexibility index (Phi) is 4.73. The number of rotatable bonds is 2. The third-order valence-corrected chi connectivity index (χ3v) is 5.84. The highest BCUT2D eigenvalue weighted by atomic mass is 32.1. The molecule has 1 amide bonds. The van der Waals surface area contributed by atoms with Crippen LogP contribution in [0.3, 0.4) is 0 Å². The molecule has 2 aromatic heterocycles. The number of hydrogen-bond donors (Lipinski definition) is 1. The smallest absolute Gasteiger partial charge is 0.368 e. The zero-order valence-corrected chi connectivity index (χ0v) is 16.1. The van der Waals surface area contributed by atoms with Gasteiger partial charge >= 0.3 is 6.18 Å². The average molecular weight is 419 g/mol. The van der Waals surface area contributed by atoms with Crippen molar-refractivity contribution < 1.29 is 18.0 Å². The Morgan fingerprint density at radius 3 is 2.59 bits per heavy atom. The van der Waals surface area contributed by atoms with Gasteiger partial charge in [-0.05, 0) is 19.1 Å². The number of amides is 1. The van der Waals surface area contributed by atoms with Crippen LogP contribution < -0.4 is 5.73 Å². The molecule has 0 saturated heterocycles. The minimum atomic E-state index is -4.37. The third-order valence-electron chi connectivity index (χ3n) is 4.71. The number of anilines is 1. The third kappa shape index (κ3) is 3.80. The molecule has 1 aliphatic heterocycles. The van der Waals surface area contributed by atoms with Crippen molar-refractivity contribution in [3.8, 4) is 10.6 Å². The van der Waals surface area contributed by atoms with E-state index in [1.807, 2.05) is 0 Å². The van der Waals surface area contributed by atoms with Gasteiger partial charge in [0.05, 0.1) is 29.1 Å². The lowest BCUT2D eigenvalue weighted by Crippen LogP contribution is -2.36. The fourth-order valence-corrected chi connectivity index (χ4v) is 4.29. The van der Waals surface area contributed by atoms with E-state index >= 15 is 0 Å². The number of nitrogens with two attached hydrogens (primary N) is 1. The van der Waals surface area contributed by atoms with Crippen LogP contribution in [-0.4, -0.2) is 32.3 Å². The summed E-state index contributed by atoms with van der Waals surface area (Å²) in [6.45, 7) is 2.58. The number of nitrogen functional groups attached to an aromatic ring is 1. The summed E-state index contributed by atoms with van der Waals surface area (Å²) in [4.78, 5) is 27.9. The fourth-order valence-electron chi connectivity index (χ4n) is 3.16. The number of carbonyl (C=O) groups excluding carboxylic acids is 1. The maximum absolute atomic E-state index is 12.8. The second kappa shape index (κ2) is 7.11. The zero-order valence-electron chi connectivity index (χ0n) is 15.3. The van der Waals surface area contributed by atoms with E-state index in [1.54, 1.807) is 11.8 Å². The molecule has 3 heterocycles. The predicted octanol–water partition coefficient (Wildman–Crippen LogP) is 3.71. The molecule has 3 aromatic rings. The summed E-state index contributed by atoms with van der Waals surface area (Å²) in [5, 5.41) is 0.644. The number of carbonyl (C=O) groups is 1. The highest BCUT2D eigenvalue weighted by Gasteiger charge is 2.30. The molecule has 0 radical (unpaired) electrons. The molecule has 29 heavy (non-hydrogen) atoms. The lowest BCUT2D eigenvalue weighted by atomic mass is 10.1. The standard InChI is InChI=1S/C19H16F3N5OS/c1-10-13(8-24-18(23)25-10)17(28)27-7-6-14-15(9-27)29-16(26-14)11-2-4-12(5-3-11)19(20,21)22/h2-5,8H,6-7,9H2,1H3,(H2,23,24,25). The first-order valence-corrected chi connectivity index (χ1v) is 9.58. The summed E-state index contributed by atoms with van der Waals surface area (Å²) in [6.07, 6.45) is -2.37. The van der Waals surface area contributed by atoms with Gasteiger partial charge in [-0.25, -0.2) is 15.0 Å². The van der Waals surface area contributed by atoms with E-state index in [2.05, 4.69) is 15.0 Å². The van der Waals surface area contributed by atoms with E-state index in [1.165, 1.54) is 29.7 Å². The summed E-state index contributed by atoms with van der Waals surface area (Å²) in [5.41, 5.74) is 7.26. The molecule has 0 spiro atoms. The number of hydrogen-bond acceptors (Lipinski definition) is 6. The van der Waals surface area contributed by atoms with Gasteiger partial charge in [-0.3, -0.25) is 4.79 Å². The zero-order chi connectivity index (χ0) is 20.8. The molecule has 0 atom stereocenters. The first kappa shape index (κ1) is 19.3. The quantitative estimate of drug-likeness (QED) is 0.685. The molecular weight excluding hydrogens is 403 g/mol. The van der Waals surface area contributed by atoms with E-state index in [-0.39, 0.29) is 11.9 Å². The molecule has 0 bridgehead atoms. The number of fused-ring (bicyclic) bond motifs is 1. The normalized spacial score (nSPS) is 14.0. The number of aryl methyl sites for hydroxylation is 1. The van der Waals surface area contributed by atoms with Gasteiger partial charge in [0, 0.05) is 29.6 Å². The molecule has 0 fully saturated rings. The van der Waals surface area contributed by atoms with Gasteiger partial charge in [0.1, 0.15) is 5.01 Å². The van der Waals surface area contributed by atoms with E-state index in [9.17, 15) is 18.0 Å². The van der Waals surface area contributed by atoms with Gasteiger partial charge in [0.2, 0.25) is 5.95 Å². The number of nitrogens with zero attached hydrogens (tertiary/aromatic N) is 4. The minimum absolute atomic E-state index is 0.114. The molecular formula is C19H16F3N5OS. The Hall–Kier alpha value is -3.01. The number of thiazole rings is 1. The second-order valence-electron chi connectivity index (χ2n) is 6.67. The van der Waals surface area contributed by atoms with Crippen LogP contribution in [0.1, 0.15) is 32.2 Å². The topological polar surface area (TPSA) is 85.0 Å². The molecule has 1 aromatic carbocycles. The van der Waals surface area contributed by atoms with Gasteiger partial charge in [-0.15, -0.1) is 11.3 Å². The van der Waals surface area contributed by atoms with Crippen molar-refractivity contribution in [2.45, 2.75) is 26.1 Å². The Bertz CT molecular complexity index is 1080. The number of aromatic nitrogens is 3. The van der Waals surface area contributed by atoms with Crippen LogP contribution in [0.4, 0.5) is 19.1 Å². The summed E-state index contributed by atoms with van der Waals surface area (Å²) in [6, 6.07) is 4.95. The van der Waals surface area contributed by atoms with Crippen LogP contribution in [-0.2, 0) is 19.1 Å². The minimum Gasteiger partial charge on any atom is -0.368 e. The van der Waals surface area contributed by atoms with E-state index in [0.717, 1.165) is 22.7 Å². The SMILES string of the molecule is Cc1nc(N)ncc1C(=O)N1CCc2nc(-c3ccc(C(F)(F)F)cc3)sc2C1. The molecule has 6 nitrogen and oxygen atoms in total. The molecule has 150 valence electrons. The maximum Gasteiger partial charge on any atom is 0.416 e. The maximum atomic E-state index is 12.8. The van der Waals surface area contributed by atoms with Crippen molar-refractivity contribution in [3.63, 3.8) is 0 Å². The van der Waals surface area contributed by atoms with E-state index < -0.39 is 11.7 Å². The van der Waals surface area contributed by atoms with Gasteiger partial charge in [-0.1, -0.05) is 12.1 Å². The molecule has 4 rings (SSSR count). The van der Waals surface area contributed by atoms with Crippen molar-refractivity contribution in [2.75, 3.05) is 12.3 Å². The molecule has 0 saturated carbocycles. The predicted molar refractivity (Wildman–Crippen MR) is 102 cm³/mol. The lowest BCUT2D eigenvalue weighted by Gasteiger charge is -2.26. The summed E-state index contributed by atoms with van der Waals surface area (Å²) in [5.74, 6) is -0.0683. The van der Waals surface area contributed by atoms with Crippen LogP contribution in [0, 0.1) is 6.92 Å². The van der Waals surface area contributed by atoms with Gasteiger partial charge < -0.3 is 10.6 Å². The second-order valence-corrected chi connectivity index (χ2v) is 7.75. The van der Waals surface area contributed by atoms with Gasteiger partial charge in [-0.2, -0.15) is 13.2 Å². The Balaban J connectivity index is 1.55. The van der Waals surface area contributed by atoms with Crippen LogP contribution in [0.5, 0.6) is 0 Å². The fraction of sp³-hybridized carbons (Fsp3) is 0.263. The Morgan fingerprint density at radius 2 is 1.93 bits per heavy atom. The van der Waals surface area contributed by atoms with Crippen LogP contribution in [0.25, 0.3) is 10.6 Å². The average Bonchev–Trinajstić information content (AvgIpc) is 3.10. The van der Waals surface area contributed by atoms with Crippen molar-refractivity contribution in [1.82, 2.24) is 19.9 Å². The molecule has 0 unspecified atom stereocenters. The van der Waals surface area contributed by atoms with Crippen LogP contribution >= 0.6 is 11.3 Å². The van der Waals surface area contributed by atoms with Crippen molar-refractivity contribution in [1.29, 1.82) is 0 Å². The summed E-state index contributed by atoms with van der Waals surface area (Å²) in [7, 11) is 0. The Morgan fingerprint density at radius 1 is 1.21 bits per heavy atom. The van der Waals surface area contributed by atoms with Crippen molar-refractivity contribution in [3.05, 3.63) is 57.9 Å². The number of benzene rings is 1. The van der Waals surface area contributed by atoms with Gasteiger partial charge in [0.15, 0.2) is 0 Å². The lowest BCUT2D eigenvalue weighted by molar-refractivity contribution is -0.137. The first-order valence-electron chi connectivity index (χ1n) is 8.77. The highest BCUT2D eigenvalue weighted by molar-refractivity contribution is 7.15. The summed E-state index contributed by atoms with van der Waals surface area (Å²) >= 11 is 1.39. The molecule has 10 heteroatoms. The molecule has 0 aliphatic carbocycles.